The number of non-ortho nitro benzene ring substituents is 1. The summed E-state index contributed by atoms with van der Waals surface area (Å²) in [6.45, 7) is 6.32. The van der Waals surface area contributed by atoms with Crippen LogP contribution in [-0.4, -0.2) is 39.2 Å². The maximum absolute atomic E-state index is 12.7. The van der Waals surface area contributed by atoms with Crippen LogP contribution < -0.4 is 14.8 Å². The average molecular weight is 451 g/mol. The molecule has 31 heavy (non-hydrogen) atoms. The van der Waals surface area contributed by atoms with Crippen LogP contribution in [0.15, 0.2) is 41.3 Å². The Morgan fingerprint density at radius 3 is 2.35 bits per heavy atom. The smallest absolute Gasteiger partial charge is 0.271 e. The van der Waals surface area contributed by atoms with Gasteiger partial charge in [-0.05, 0) is 36.6 Å². The molecule has 0 radical (unpaired) electrons. The van der Waals surface area contributed by atoms with Gasteiger partial charge in [-0.15, -0.1) is 0 Å². The van der Waals surface area contributed by atoms with Crippen molar-refractivity contribution in [2.24, 2.45) is 5.92 Å². The molecule has 2 aromatic rings. The van der Waals surface area contributed by atoms with Crippen LogP contribution in [0.25, 0.3) is 0 Å². The molecule has 0 bridgehead atoms. The van der Waals surface area contributed by atoms with Crippen LogP contribution in [0.1, 0.15) is 42.7 Å². The van der Waals surface area contributed by atoms with Gasteiger partial charge in [0.05, 0.1) is 29.6 Å². The zero-order chi connectivity index (χ0) is 23.3. The number of hydrogen-bond acceptors (Lipinski definition) is 7. The van der Waals surface area contributed by atoms with Gasteiger partial charge in [0.2, 0.25) is 0 Å². The average Bonchev–Trinajstić information content (AvgIpc) is 2.70. The van der Waals surface area contributed by atoms with Gasteiger partial charge in [0.15, 0.2) is 21.3 Å². The predicted octanol–water partition coefficient (Wildman–Crippen LogP) is 3.53. The van der Waals surface area contributed by atoms with Crippen LogP contribution >= 0.6 is 0 Å². The molecule has 9 nitrogen and oxygen atoms in total. The molecule has 0 aromatic heterocycles. The fourth-order valence-corrected chi connectivity index (χ4v) is 3.40. The first kappa shape index (κ1) is 24.1. The van der Waals surface area contributed by atoms with Crippen molar-refractivity contribution in [2.45, 2.75) is 31.7 Å². The second-order valence-corrected chi connectivity index (χ2v) is 9.57. The number of hydrogen-bond donors (Lipinski definition) is 1. The first-order valence-electron chi connectivity index (χ1n) is 9.53. The monoisotopic (exact) mass is 450 g/mol. The lowest BCUT2D eigenvalue weighted by molar-refractivity contribution is -0.385. The summed E-state index contributed by atoms with van der Waals surface area (Å²) in [6.07, 6.45) is 0.922. The normalized spacial score (nSPS) is 12.3. The van der Waals surface area contributed by atoms with Gasteiger partial charge >= 0.3 is 0 Å². The van der Waals surface area contributed by atoms with Crippen LogP contribution in [0.5, 0.6) is 11.5 Å². The van der Waals surface area contributed by atoms with Crippen molar-refractivity contribution >= 4 is 21.4 Å². The van der Waals surface area contributed by atoms with E-state index >= 15 is 0 Å². The Kier molecular flexibility index (Phi) is 7.61. The number of ether oxygens (including phenoxy) is 2. The van der Waals surface area contributed by atoms with Gasteiger partial charge in [0, 0.05) is 24.0 Å². The van der Waals surface area contributed by atoms with E-state index < -0.39 is 32.4 Å². The van der Waals surface area contributed by atoms with Crippen molar-refractivity contribution in [1.82, 2.24) is 5.32 Å². The van der Waals surface area contributed by atoms with Crippen molar-refractivity contribution in [3.05, 3.63) is 57.6 Å². The van der Waals surface area contributed by atoms with E-state index in [4.69, 9.17) is 9.47 Å². The topological polar surface area (TPSA) is 125 Å². The van der Waals surface area contributed by atoms with Crippen LogP contribution in [0.2, 0.25) is 0 Å². The predicted molar refractivity (Wildman–Crippen MR) is 115 cm³/mol. The molecule has 1 atom stereocenters. The second kappa shape index (κ2) is 9.78. The summed E-state index contributed by atoms with van der Waals surface area (Å²) < 4.78 is 34.8. The minimum Gasteiger partial charge on any atom is -0.493 e. The first-order valence-corrected chi connectivity index (χ1v) is 11.4. The molecular weight excluding hydrogens is 424 g/mol. The summed E-state index contributed by atoms with van der Waals surface area (Å²) in [5.74, 6) is 0.790. The SMILES string of the molecule is COc1cc(C(C)NC(=O)c2cc([N+](=O)[O-])cc(S(C)(=O)=O)c2)ccc1OCC(C)C. The third-order valence-electron chi connectivity index (χ3n) is 4.40. The molecule has 0 saturated heterocycles. The standard InChI is InChI=1S/C21H26N2O7S/c1-13(2)12-30-19-7-6-15(10-20(19)29-4)14(3)22-21(24)16-8-17(23(25)26)11-18(9-16)31(5,27)28/h6-11,13-14H,12H2,1-5H3,(H,22,24). The van der Waals surface area contributed by atoms with Crippen molar-refractivity contribution in [3.63, 3.8) is 0 Å². The first-order chi connectivity index (χ1) is 14.4. The molecule has 1 amide bonds. The third-order valence-corrected chi connectivity index (χ3v) is 5.49. The lowest BCUT2D eigenvalue weighted by Gasteiger charge is -2.18. The van der Waals surface area contributed by atoms with Gasteiger partial charge in [0.25, 0.3) is 11.6 Å². The van der Waals surface area contributed by atoms with E-state index in [1.54, 1.807) is 25.1 Å². The second-order valence-electron chi connectivity index (χ2n) is 7.56. The summed E-state index contributed by atoms with van der Waals surface area (Å²) in [5.41, 5.74) is 0.121. The quantitative estimate of drug-likeness (QED) is 0.457. The van der Waals surface area contributed by atoms with E-state index in [1.165, 1.54) is 7.11 Å². The summed E-state index contributed by atoms with van der Waals surface area (Å²) in [6, 6.07) is 7.86. The molecule has 0 spiro atoms. The molecule has 0 heterocycles. The number of nitrogens with zero attached hydrogens (tertiary/aromatic N) is 1. The molecule has 1 N–H and O–H groups in total. The Hall–Kier alpha value is -3.14. The maximum Gasteiger partial charge on any atom is 0.271 e. The maximum atomic E-state index is 12.7. The van der Waals surface area contributed by atoms with Gasteiger partial charge in [0.1, 0.15) is 0 Å². The Bertz CT molecular complexity index is 1080. The number of nitro groups is 1. The fourth-order valence-electron chi connectivity index (χ4n) is 2.73. The number of carbonyl (C=O) groups is 1. The van der Waals surface area contributed by atoms with Crippen molar-refractivity contribution in [2.75, 3.05) is 20.0 Å². The van der Waals surface area contributed by atoms with Crippen LogP contribution in [0.3, 0.4) is 0 Å². The van der Waals surface area contributed by atoms with Gasteiger partial charge in [-0.25, -0.2) is 8.42 Å². The molecule has 0 aliphatic rings. The number of rotatable bonds is 9. The van der Waals surface area contributed by atoms with Crippen molar-refractivity contribution in [1.29, 1.82) is 0 Å². The van der Waals surface area contributed by atoms with Gasteiger partial charge in [-0.1, -0.05) is 19.9 Å². The summed E-state index contributed by atoms with van der Waals surface area (Å²) >= 11 is 0. The number of nitrogens with one attached hydrogen (secondary N) is 1. The zero-order valence-corrected chi connectivity index (χ0v) is 18.9. The van der Waals surface area contributed by atoms with Gasteiger partial charge in [-0.2, -0.15) is 0 Å². The number of carbonyl (C=O) groups excluding carboxylic acids is 1. The zero-order valence-electron chi connectivity index (χ0n) is 18.0. The Morgan fingerprint density at radius 1 is 1.13 bits per heavy atom. The number of nitro benzene ring substituents is 1. The minimum absolute atomic E-state index is 0.120. The fraction of sp³-hybridized carbons (Fsp3) is 0.381. The highest BCUT2D eigenvalue weighted by atomic mass is 32.2. The molecule has 0 aliphatic carbocycles. The molecule has 10 heteroatoms. The number of sulfone groups is 1. The molecule has 1 unspecified atom stereocenters. The molecule has 0 saturated carbocycles. The van der Waals surface area contributed by atoms with E-state index in [0.29, 0.717) is 24.0 Å². The summed E-state index contributed by atoms with van der Waals surface area (Å²) in [4.78, 5) is 22.8. The lowest BCUT2D eigenvalue weighted by Crippen LogP contribution is -2.27. The molecular formula is C21H26N2O7S. The molecule has 2 aromatic carbocycles. The molecule has 0 fully saturated rings. The van der Waals surface area contributed by atoms with E-state index in [9.17, 15) is 23.3 Å². The van der Waals surface area contributed by atoms with Gasteiger partial charge in [-0.3, -0.25) is 14.9 Å². The summed E-state index contributed by atoms with van der Waals surface area (Å²) in [7, 11) is -2.22. The van der Waals surface area contributed by atoms with E-state index in [2.05, 4.69) is 5.32 Å². The molecule has 2 rings (SSSR count). The highest BCUT2D eigenvalue weighted by Crippen LogP contribution is 2.31. The number of methoxy groups -OCH3 is 1. The van der Waals surface area contributed by atoms with Crippen molar-refractivity contribution < 1.29 is 27.6 Å². The summed E-state index contributed by atoms with van der Waals surface area (Å²) in [5, 5.41) is 13.9. The van der Waals surface area contributed by atoms with E-state index in [1.807, 2.05) is 13.8 Å². The lowest BCUT2D eigenvalue weighted by atomic mass is 10.1. The Morgan fingerprint density at radius 2 is 1.81 bits per heavy atom. The Labute approximate surface area is 181 Å². The number of amides is 1. The number of benzene rings is 2. The Balaban J connectivity index is 2.28. The third kappa shape index (κ3) is 6.42. The molecule has 168 valence electrons. The van der Waals surface area contributed by atoms with E-state index in [0.717, 1.165) is 30.0 Å². The van der Waals surface area contributed by atoms with Gasteiger partial charge < -0.3 is 14.8 Å². The minimum atomic E-state index is -3.74. The largest absolute Gasteiger partial charge is 0.493 e. The van der Waals surface area contributed by atoms with Crippen LogP contribution in [-0.2, 0) is 9.84 Å². The van der Waals surface area contributed by atoms with Crippen LogP contribution in [0.4, 0.5) is 5.69 Å². The van der Waals surface area contributed by atoms with Crippen molar-refractivity contribution in [3.8, 4) is 11.5 Å². The molecule has 0 aliphatic heterocycles. The highest BCUT2D eigenvalue weighted by molar-refractivity contribution is 7.90. The highest BCUT2D eigenvalue weighted by Gasteiger charge is 2.21. The van der Waals surface area contributed by atoms with E-state index in [-0.39, 0.29) is 10.5 Å². The van der Waals surface area contributed by atoms with Crippen LogP contribution in [0, 0.1) is 16.0 Å².